The van der Waals surface area contributed by atoms with E-state index in [0.717, 1.165) is 5.69 Å². The lowest BCUT2D eigenvalue weighted by Crippen LogP contribution is -2.39. The van der Waals surface area contributed by atoms with Gasteiger partial charge in [-0.3, -0.25) is 9.59 Å². The van der Waals surface area contributed by atoms with Crippen molar-refractivity contribution in [3.63, 3.8) is 0 Å². The van der Waals surface area contributed by atoms with Crippen molar-refractivity contribution in [2.24, 2.45) is 5.41 Å². The van der Waals surface area contributed by atoms with Crippen LogP contribution < -0.4 is 10.6 Å². The van der Waals surface area contributed by atoms with Crippen LogP contribution in [0.5, 0.6) is 0 Å². The molecule has 116 valence electrons. The predicted octanol–water partition coefficient (Wildman–Crippen LogP) is 3.08. The highest BCUT2D eigenvalue weighted by molar-refractivity contribution is 5.95. The molecule has 21 heavy (non-hydrogen) atoms. The molecule has 0 bridgehead atoms. The molecule has 0 unspecified atom stereocenters. The minimum Gasteiger partial charge on any atom is -0.347 e. The van der Waals surface area contributed by atoms with Gasteiger partial charge in [0.15, 0.2) is 0 Å². The first-order valence-electron chi connectivity index (χ1n) is 7.19. The van der Waals surface area contributed by atoms with Crippen molar-refractivity contribution in [1.29, 1.82) is 0 Å². The third-order valence-corrected chi connectivity index (χ3v) is 3.13. The first-order chi connectivity index (χ1) is 9.50. The van der Waals surface area contributed by atoms with Crippen LogP contribution in [0.15, 0.2) is 24.3 Å². The Morgan fingerprint density at radius 1 is 0.952 bits per heavy atom. The molecule has 4 nitrogen and oxygen atoms in total. The molecule has 1 aromatic carbocycles. The molecule has 0 saturated carbocycles. The van der Waals surface area contributed by atoms with Crippen molar-refractivity contribution < 1.29 is 9.59 Å². The summed E-state index contributed by atoms with van der Waals surface area (Å²) >= 11 is 0. The molecule has 0 heterocycles. The van der Waals surface area contributed by atoms with E-state index in [9.17, 15) is 9.59 Å². The molecule has 4 heteroatoms. The predicted molar refractivity (Wildman–Crippen MR) is 86.2 cm³/mol. The number of carbonyl (C=O) groups is 2. The van der Waals surface area contributed by atoms with Gasteiger partial charge in [-0.15, -0.1) is 0 Å². The highest BCUT2D eigenvalue weighted by Crippen LogP contribution is 2.23. The number of anilines is 1. The van der Waals surface area contributed by atoms with E-state index in [1.165, 1.54) is 5.56 Å². The number of rotatable bonds is 3. The van der Waals surface area contributed by atoms with Crippen LogP contribution in [0.4, 0.5) is 5.69 Å². The Bertz CT molecular complexity index is 505. The van der Waals surface area contributed by atoms with Crippen LogP contribution >= 0.6 is 0 Å². The van der Waals surface area contributed by atoms with Gasteiger partial charge in [0.05, 0.1) is 6.54 Å². The van der Waals surface area contributed by atoms with E-state index in [2.05, 4.69) is 31.4 Å². The Labute approximate surface area is 127 Å². The Hall–Kier alpha value is -1.84. The smallest absolute Gasteiger partial charge is 0.243 e. The van der Waals surface area contributed by atoms with Crippen LogP contribution in [0.1, 0.15) is 47.1 Å². The van der Waals surface area contributed by atoms with Crippen LogP contribution in [0.3, 0.4) is 0 Å². The first kappa shape index (κ1) is 17.2. The molecule has 0 spiro atoms. The Kier molecular flexibility index (Phi) is 5.15. The zero-order valence-electron chi connectivity index (χ0n) is 13.8. The molecule has 0 atom stereocenters. The van der Waals surface area contributed by atoms with E-state index in [-0.39, 0.29) is 23.8 Å². The van der Waals surface area contributed by atoms with E-state index in [4.69, 9.17) is 0 Å². The van der Waals surface area contributed by atoms with E-state index in [0.29, 0.717) is 0 Å². The number of hydrogen-bond acceptors (Lipinski definition) is 2. The maximum absolute atomic E-state index is 11.8. The average molecular weight is 290 g/mol. The zero-order chi connectivity index (χ0) is 16.3. The second kappa shape index (κ2) is 6.29. The summed E-state index contributed by atoms with van der Waals surface area (Å²) in [5.74, 6) is -0.364. The molecule has 2 N–H and O–H groups in total. The molecular weight excluding hydrogens is 264 g/mol. The van der Waals surface area contributed by atoms with Crippen molar-refractivity contribution in [2.45, 2.75) is 47.0 Å². The van der Waals surface area contributed by atoms with Crippen molar-refractivity contribution >= 4 is 17.5 Å². The molecule has 0 aliphatic heterocycles. The van der Waals surface area contributed by atoms with Crippen LogP contribution in [-0.2, 0) is 15.0 Å². The molecule has 0 aliphatic carbocycles. The first-order valence-corrected chi connectivity index (χ1v) is 7.19. The summed E-state index contributed by atoms with van der Waals surface area (Å²) in [5.41, 5.74) is 1.54. The highest BCUT2D eigenvalue weighted by Gasteiger charge is 2.21. The van der Waals surface area contributed by atoms with Crippen molar-refractivity contribution in [2.75, 3.05) is 11.9 Å². The molecule has 0 saturated heterocycles. The molecule has 1 aromatic rings. The fourth-order valence-corrected chi connectivity index (χ4v) is 1.68. The summed E-state index contributed by atoms with van der Waals surface area (Å²) in [7, 11) is 0. The third-order valence-electron chi connectivity index (χ3n) is 3.13. The van der Waals surface area contributed by atoms with Gasteiger partial charge in [0, 0.05) is 11.1 Å². The van der Waals surface area contributed by atoms with Gasteiger partial charge in [-0.2, -0.15) is 0 Å². The van der Waals surface area contributed by atoms with Crippen LogP contribution in [0, 0.1) is 5.41 Å². The summed E-state index contributed by atoms with van der Waals surface area (Å²) in [5, 5.41) is 5.40. The molecule has 0 aromatic heterocycles. The van der Waals surface area contributed by atoms with E-state index in [1.807, 2.05) is 45.0 Å². The Balaban J connectivity index is 2.54. The van der Waals surface area contributed by atoms with Gasteiger partial charge < -0.3 is 10.6 Å². The molecule has 0 fully saturated rings. The van der Waals surface area contributed by atoms with Crippen LogP contribution in [0.2, 0.25) is 0 Å². The number of nitrogens with one attached hydrogen (secondary N) is 2. The van der Waals surface area contributed by atoms with Gasteiger partial charge in [0.2, 0.25) is 11.8 Å². The number of carbonyl (C=O) groups excluding carboxylic acids is 2. The second-order valence-electron chi connectivity index (χ2n) is 7.31. The molecule has 1 rings (SSSR count). The quantitative estimate of drug-likeness (QED) is 0.898. The number of benzene rings is 1. The topological polar surface area (TPSA) is 58.2 Å². The van der Waals surface area contributed by atoms with Crippen molar-refractivity contribution in [1.82, 2.24) is 5.32 Å². The van der Waals surface area contributed by atoms with Gasteiger partial charge >= 0.3 is 0 Å². The van der Waals surface area contributed by atoms with Gasteiger partial charge in [0.1, 0.15) is 0 Å². The standard InChI is InChI=1S/C17H26N2O2/c1-16(2,3)12-7-9-13(10-8-12)19-14(20)11-18-15(21)17(4,5)6/h7-10H,11H2,1-6H3,(H,18,21)(H,19,20). The lowest BCUT2D eigenvalue weighted by molar-refractivity contribution is -0.130. The van der Waals surface area contributed by atoms with Crippen LogP contribution in [0.25, 0.3) is 0 Å². The summed E-state index contributed by atoms with van der Waals surface area (Å²) in [6, 6.07) is 7.76. The van der Waals surface area contributed by atoms with E-state index < -0.39 is 5.41 Å². The zero-order valence-corrected chi connectivity index (χ0v) is 13.8. The maximum atomic E-state index is 11.8. The monoisotopic (exact) mass is 290 g/mol. The Morgan fingerprint density at radius 2 is 1.48 bits per heavy atom. The molecular formula is C17H26N2O2. The van der Waals surface area contributed by atoms with Gasteiger partial charge in [0.25, 0.3) is 0 Å². The van der Waals surface area contributed by atoms with Gasteiger partial charge in [-0.1, -0.05) is 53.7 Å². The Morgan fingerprint density at radius 3 is 1.90 bits per heavy atom. The number of hydrogen-bond donors (Lipinski definition) is 2. The van der Waals surface area contributed by atoms with Gasteiger partial charge in [-0.05, 0) is 23.1 Å². The second-order valence-corrected chi connectivity index (χ2v) is 7.31. The maximum Gasteiger partial charge on any atom is 0.243 e. The minimum atomic E-state index is -0.491. The average Bonchev–Trinajstić information content (AvgIpc) is 2.34. The normalized spacial score (nSPS) is 11.9. The summed E-state index contributed by atoms with van der Waals surface area (Å²) < 4.78 is 0. The fourth-order valence-electron chi connectivity index (χ4n) is 1.68. The summed E-state index contributed by atoms with van der Waals surface area (Å²) in [4.78, 5) is 23.5. The van der Waals surface area contributed by atoms with Crippen molar-refractivity contribution in [3.8, 4) is 0 Å². The fraction of sp³-hybridized carbons (Fsp3) is 0.529. The van der Waals surface area contributed by atoms with Crippen LogP contribution in [-0.4, -0.2) is 18.4 Å². The lowest BCUT2D eigenvalue weighted by Gasteiger charge is -2.19. The van der Waals surface area contributed by atoms with E-state index >= 15 is 0 Å². The summed E-state index contributed by atoms with van der Waals surface area (Å²) in [6.45, 7) is 11.8. The molecule has 0 aliphatic rings. The SMILES string of the molecule is CC(C)(C)C(=O)NCC(=O)Nc1ccc(C(C)(C)C)cc1. The highest BCUT2D eigenvalue weighted by atomic mass is 16.2. The minimum absolute atomic E-state index is 0.0167. The van der Waals surface area contributed by atoms with E-state index in [1.54, 1.807) is 0 Å². The third kappa shape index (κ3) is 5.58. The van der Waals surface area contributed by atoms with Crippen molar-refractivity contribution in [3.05, 3.63) is 29.8 Å². The van der Waals surface area contributed by atoms with Gasteiger partial charge in [-0.25, -0.2) is 0 Å². The molecule has 0 radical (unpaired) electrons. The lowest BCUT2D eigenvalue weighted by atomic mass is 9.87. The summed E-state index contributed by atoms with van der Waals surface area (Å²) in [6.07, 6.45) is 0. The molecule has 2 amide bonds. The largest absolute Gasteiger partial charge is 0.347 e. The number of amides is 2.